The van der Waals surface area contributed by atoms with Gasteiger partial charge in [0.2, 0.25) is 0 Å². The monoisotopic (exact) mass is 571 g/mol. The highest BCUT2D eigenvalue weighted by atomic mass is 35.5. The van der Waals surface area contributed by atoms with Crippen molar-refractivity contribution in [2.45, 2.75) is 39.8 Å². The smallest absolute Gasteiger partial charge is 0.338 e. The Kier molecular flexibility index (Phi) is 8.22. The van der Waals surface area contributed by atoms with Gasteiger partial charge in [0.1, 0.15) is 5.02 Å². The third-order valence-electron chi connectivity index (χ3n) is 5.85. The number of rotatable bonds is 8. The van der Waals surface area contributed by atoms with E-state index < -0.39 is 22.5 Å². The van der Waals surface area contributed by atoms with Gasteiger partial charge >= 0.3 is 5.97 Å². The number of halogens is 1. The molecule has 3 aromatic rings. The minimum Gasteiger partial charge on any atom is -0.493 e. The molecular weight excluding hydrogens is 546 g/mol. The summed E-state index contributed by atoms with van der Waals surface area (Å²) in [4.78, 5) is 42.6. The van der Waals surface area contributed by atoms with E-state index in [4.69, 9.17) is 25.8 Å². The fourth-order valence-electron chi connectivity index (χ4n) is 4.22. The number of carbonyl (C=O) groups excluding carboxylic acids is 1. The third-order valence-corrected chi connectivity index (χ3v) is 7.15. The minimum atomic E-state index is -0.857. The average molecular weight is 572 g/mol. The summed E-state index contributed by atoms with van der Waals surface area (Å²) in [5.74, 6) is 0.369. The van der Waals surface area contributed by atoms with Gasteiger partial charge in [0, 0.05) is 6.07 Å². The highest BCUT2D eigenvalue weighted by Gasteiger charge is 2.34. The zero-order chi connectivity index (χ0) is 28.4. The Bertz CT molecular complexity index is 1670. The van der Waals surface area contributed by atoms with Crippen LogP contribution in [0.3, 0.4) is 0 Å². The second-order valence-corrected chi connectivity index (χ2v) is 10.3. The summed E-state index contributed by atoms with van der Waals surface area (Å²) in [7, 11) is 1.51. The van der Waals surface area contributed by atoms with Crippen molar-refractivity contribution in [1.82, 2.24) is 4.57 Å². The van der Waals surface area contributed by atoms with Gasteiger partial charge in [-0.25, -0.2) is 9.79 Å². The van der Waals surface area contributed by atoms with Crippen LogP contribution in [-0.2, 0) is 9.53 Å². The molecule has 0 radical (unpaired) electrons. The number of benzene rings is 2. The third kappa shape index (κ3) is 5.59. The second-order valence-electron chi connectivity index (χ2n) is 8.85. The van der Waals surface area contributed by atoms with E-state index in [1.54, 1.807) is 38.1 Å². The molecule has 0 saturated heterocycles. The lowest BCUT2D eigenvalue weighted by molar-refractivity contribution is -0.384. The van der Waals surface area contributed by atoms with Crippen molar-refractivity contribution in [2.75, 3.05) is 13.7 Å². The van der Waals surface area contributed by atoms with E-state index in [9.17, 15) is 19.7 Å². The number of hydrogen-bond acceptors (Lipinski definition) is 9. The predicted molar refractivity (Wildman–Crippen MR) is 147 cm³/mol. The summed E-state index contributed by atoms with van der Waals surface area (Å²) in [5, 5.41) is 11.3. The maximum absolute atomic E-state index is 13.8. The molecule has 204 valence electrons. The van der Waals surface area contributed by atoms with Gasteiger partial charge in [0.05, 0.1) is 46.6 Å². The molecule has 0 bridgehead atoms. The lowest BCUT2D eigenvalue weighted by Crippen LogP contribution is -2.40. The largest absolute Gasteiger partial charge is 0.493 e. The summed E-state index contributed by atoms with van der Waals surface area (Å²) < 4.78 is 18.4. The molecule has 39 heavy (non-hydrogen) atoms. The number of methoxy groups -OCH3 is 1. The first kappa shape index (κ1) is 28.1. The van der Waals surface area contributed by atoms with Crippen LogP contribution in [-0.4, -0.2) is 35.3 Å². The van der Waals surface area contributed by atoms with Crippen molar-refractivity contribution in [1.29, 1.82) is 0 Å². The molecule has 0 fully saturated rings. The Morgan fingerprint density at radius 1 is 1.26 bits per heavy atom. The fourth-order valence-corrected chi connectivity index (χ4v) is 5.46. The van der Waals surface area contributed by atoms with Crippen LogP contribution in [0.5, 0.6) is 11.5 Å². The number of aromatic nitrogens is 1. The molecule has 4 rings (SSSR count). The number of nitrogens with zero attached hydrogens (tertiary/aromatic N) is 3. The van der Waals surface area contributed by atoms with Gasteiger partial charge in [0.25, 0.3) is 11.2 Å². The van der Waals surface area contributed by atoms with Gasteiger partial charge in [0.15, 0.2) is 16.3 Å². The van der Waals surface area contributed by atoms with Gasteiger partial charge in [-0.3, -0.25) is 19.5 Å². The molecule has 0 unspecified atom stereocenters. The van der Waals surface area contributed by atoms with Crippen molar-refractivity contribution in [3.8, 4) is 11.5 Å². The molecule has 10 nitrogen and oxygen atoms in total. The van der Waals surface area contributed by atoms with Crippen LogP contribution >= 0.6 is 22.9 Å². The summed E-state index contributed by atoms with van der Waals surface area (Å²) in [6, 6.07) is 8.65. The minimum absolute atomic E-state index is 0.00727. The molecular formula is C27H26ClN3O7S. The van der Waals surface area contributed by atoms with Gasteiger partial charge in [-0.05, 0) is 63.1 Å². The van der Waals surface area contributed by atoms with Gasteiger partial charge in [-0.2, -0.15) is 0 Å². The Balaban J connectivity index is 1.94. The number of nitro groups is 1. The van der Waals surface area contributed by atoms with E-state index in [0.29, 0.717) is 33.1 Å². The van der Waals surface area contributed by atoms with Crippen LogP contribution in [0.15, 0.2) is 57.5 Å². The molecule has 0 saturated carbocycles. The molecule has 12 heteroatoms. The number of carbonyl (C=O) groups is 1. The second kappa shape index (κ2) is 11.4. The molecule has 0 aliphatic carbocycles. The van der Waals surface area contributed by atoms with Crippen LogP contribution in [0.2, 0.25) is 5.02 Å². The predicted octanol–water partition coefficient (Wildman–Crippen LogP) is 4.16. The highest BCUT2D eigenvalue weighted by Crippen LogP contribution is 2.36. The van der Waals surface area contributed by atoms with E-state index in [-0.39, 0.29) is 33.5 Å². The van der Waals surface area contributed by atoms with Gasteiger partial charge in [-0.1, -0.05) is 35.1 Å². The van der Waals surface area contributed by atoms with Crippen LogP contribution in [0.25, 0.3) is 6.08 Å². The van der Waals surface area contributed by atoms with E-state index in [1.165, 1.54) is 29.9 Å². The number of ether oxygens (including phenoxy) is 3. The molecule has 0 amide bonds. The lowest BCUT2D eigenvalue weighted by Gasteiger charge is -2.25. The zero-order valence-electron chi connectivity index (χ0n) is 21.9. The molecule has 2 aromatic carbocycles. The first-order valence-electron chi connectivity index (χ1n) is 12.0. The van der Waals surface area contributed by atoms with Crippen LogP contribution in [0.1, 0.15) is 44.9 Å². The van der Waals surface area contributed by atoms with Crippen molar-refractivity contribution in [2.24, 2.45) is 4.99 Å². The maximum Gasteiger partial charge on any atom is 0.338 e. The number of fused-ring (bicyclic) bond motifs is 1. The van der Waals surface area contributed by atoms with Crippen molar-refractivity contribution in [3.05, 3.63) is 93.6 Å². The normalized spacial score (nSPS) is 15.2. The fraction of sp³-hybridized carbons (Fsp3) is 0.296. The van der Waals surface area contributed by atoms with Crippen LogP contribution < -0.4 is 24.4 Å². The Hall–Kier alpha value is -3.96. The Morgan fingerprint density at radius 2 is 2.00 bits per heavy atom. The van der Waals surface area contributed by atoms with E-state index in [0.717, 1.165) is 11.3 Å². The molecule has 0 spiro atoms. The average Bonchev–Trinajstić information content (AvgIpc) is 3.18. The summed E-state index contributed by atoms with van der Waals surface area (Å²) in [6.45, 7) is 7.32. The number of thiazole rings is 1. The number of esters is 1. The molecule has 1 aromatic heterocycles. The molecule has 1 aliphatic rings. The SMILES string of the molecule is CCOC(=O)C1=C(C)N=c2s/c(=C\c3ccc(Cl)c([N+](=O)[O-])c3)c(=O)n2[C@H]1c1ccc(OC(C)C)c(OC)c1. The van der Waals surface area contributed by atoms with Crippen molar-refractivity contribution >= 4 is 40.7 Å². The molecule has 0 N–H and O–H groups in total. The van der Waals surface area contributed by atoms with Crippen LogP contribution in [0, 0.1) is 10.1 Å². The first-order chi connectivity index (χ1) is 18.5. The molecule has 2 heterocycles. The summed E-state index contributed by atoms with van der Waals surface area (Å²) >= 11 is 7.05. The number of hydrogen-bond donors (Lipinski definition) is 0. The van der Waals surface area contributed by atoms with E-state index >= 15 is 0 Å². The van der Waals surface area contributed by atoms with Crippen LogP contribution in [0.4, 0.5) is 5.69 Å². The standard InChI is InChI=1S/C27H26ClN3O7S/c1-6-37-26(33)23-15(4)29-27-30(24(23)17-8-10-20(38-14(2)3)21(13-17)36-5)25(32)22(39-27)12-16-7-9-18(28)19(11-16)31(34)35/h7-14,24H,6H2,1-5H3/b22-12-/t24-/m0/s1. The van der Waals surface area contributed by atoms with Gasteiger partial charge in [-0.15, -0.1) is 0 Å². The van der Waals surface area contributed by atoms with Gasteiger partial charge < -0.3 is 14.2 Å². The molecule has 1 atom stereocenters. The van der Waals surface area contributed by atoms with Crippen molar-refractivity contribution < 1.29 is 23.9 Å². The topological polar surface area (TPSA) is 122 Å². The van der Waals surface area contributed by atoms with Crippen molar-refractivity contribution in [3.63, 3.8) is 0 Å². The Labute approximate surface area is 232 Å². The zero-order valence-corrected chi connectivity index (χ0v) is 23.5. The lowest BCUT2D eigenvalue weighted by atomic mass is 9.95. The molecule has 1 aliphatic heterocycles. The summed E-state index contributed by atoms with van der Waals surface area (Å²) in [6.07, 6.45) is 1.44. The summed E-state index contributed by atoms with van der Waals surface area (Å²) in [5.41, 5.74) is 0.956. The van der Waals surface area contributed by atoms with E-state index in [2.05, 4.69) is 4.99 Å². The van der Waals surface area contributed by atoms with E-state index in [1.807, 2.05) is 13.8 Å². The first-order valence-corrected chi connectivity index (χ1v) is 13.2. The number of nitro benzene ring substituents is 1. The number of allylic oxidation sites excluding steroid dienone is 1. The Morgan fingerprint density at radius 3 is 2.64 bits per heavy atom. The highest BCUT2D eigenvalue weighted by molar-refractivity contribution is 7.07. The quantitative estimate of drug-likeness (QED) is 0.226. The maximum atomic E-state index is 13.8.